The maximum absolute atomic E-state index is 13.4. The highest BCUT2D eigenvalue weighted by Crippen LogP contribution is 2.35. The molecule has 2 fully saturated rings. The normalized spacial score (nSPS) is 17.1. The first kappa shape index (κ1) is 26.4. The molecule has 2 aliphatic rings. The Bertz CT molecular complexity index is 1440. The molecule has 1 amide bonds. The van der Waals surface area contributed by atoms with Crippen molar-refractivity contribution in [2.24, 2.45) is 13.0 Å². The molecule has 3 heterocycles. The summed E-state index contributed by atoms with van der Waals surface area (Å²) >= 11 is 3.78. The number of aromatic nitrogens is 2. The quantitative estimate of drug-likeness (QED) is 0.338. The molecular formula is C31H35BrN4O2. The minimum Gasteiger partial charge on any atom is -0.343 e. The van der Waals surface area contributed by atoms with E-state index in [1.165, 1.54) is 32.7 Å². The van der Waals surface area contributed by atoms with Crippen LogP contribution in [0.15, 0.2) is 88.4 Å². The van der Waals surface area contributed by atoms with Crippen LogP contribution in [0.4, 0.5) is 0 Å². The molecule has 4 aromatic rings. The summed E-state index contributed by atoms with van der Waals surface area (Å²) in [6.45, 7) is 3.38. The Morgan fingerprint density at radius 1 is 1.03 bits per heavy atom. The Kier molecular flexibility index (Phi) is 8.45. The van der Waals surface area contributed by atoms with Crippen LogP contribution in [0.3, 0.4) is 0 Å². The number of nitrogens with zero attached hydrogens (tertiary/aromatic N) is 3. The van der Waals surface area contributed by atoms with Gasteiger partial charge in [0.05, 0.1) is 5.92 Å². The number of carbonyl (C=O) groups excluding carboxylic acids is 1. The first-order chi connectivity index (χ1) is 18.5. The third-order valence-corrected chi connectivity index (χ3v) is 8.06. The summed E-state index contributed by atoms with van der Waals surface area (Å²) in [6.07, 6.45) is 8.35. The summed E-state index contributed by atoms with van der Waals surface area (Å²) < 4.78 is 4.95. The third kappa shape index (κ3) is 6.27. The molecule has 198 valence electrons. The van der Waals surface area contributed by atoms with Crippen LogP contribution in [0.1, 0.15) is 36.8 Å². The van der Waals surface area contributed by atoms with Crippen LogP contribution in [-0.4, -0.2) is 39.1 Å². The van der Waals surface area contributed by atoms with Gasteiger partial charge < -0.3 is 19.4 Å². The molecule has 2 aromatic heterocycles. The maximum Gasteiger partial charge on any atom is 0.250 e. The van der Waals surface area contributed by atoms with Gasteiger partial charge in [0.2, 0.25) is 11.5 Å². The standard InChI is InChI=1S/C25H28BrN3O.C6H7NO/c26-22-9-4-10-23-24(22)20(16-28(23)15-18-6-2-1-3-7-18)17-29(21-11-12-21)25(30)19-8-5-13-27-14-19;1-7-5-3-2-4-6(7)8/h1-4,6-7,9-10,16,19,21,27H,5,8,11-15,17H2;2-5H,1H3. The molecular weight excluding hydrogens is 540 g/mol. The van der Waals surface area contributed by atoms with Gasteiger partial charge in [0.25, 0.3) is 0 Å². The van der Waals surface area contributed by atoms with Gasteiger partial charge >= 0.3 is 0 Å². The van der Waals surface area contributed by atoms with Crippen LogP contribution < -0.4 is 10.9 Å². The molecule has 0 radical (unpaired) electrons. The van der Waals surface area contributed by atoms with E-state index in [2.05, 4.69) is 85.4 Å². The fourth-order valence-corrected chi connectivity index (χ4v) is 5.79. The molecule has 1 atom stereocenters. The number of amides is 1. The van der Waals surface area contributed by atoms with E-state index >= 15 is 0 Å². The number of benzene rings is 2. The summed E-state index contributed by atoms with van der Waals surface area (Å²) in [5.41, 5.74) is 3.76. The molecule has 38 heavy (non-hydrogen) atoms. The van der Waals surface area contributed by atoms with Crippen molar-refractivity contribution in [3.63, 3.8) is 0 Å². The number of pyridine rings is 1. The number of piperidine rings is 1. The second kappa shape index (κ2) is 12.1. The fraction of sp³-hybridized carbons (Fsp3) is 0.355. The number of carbonyl (C=O) groups is 1. The van der Waals surface area contributed by atoms with E-state index in [0.29, 0.717) is 18.5 Å². The SMILES string of the molecule is Cn1ccccc1=O.O=C(C1CCCNC1)N(Cc1cn(Cc2ccccc2)c2cccc(Br)c12)C1CC1. The average molecular weight is 576 g/mol. The highest BCUT2D eigenvalue weighted by molar-refractivity contribution is 9.10. The fourth-order valence-electron chi connectivity index (χ4n) is 5.18. The molecule has 1 aliphatic heterocycles. The summed E-state index contributed by atoms with van der Waals surface area (Å²) in [5, 5.41) is 4.64. The summed E-state index contributed by atoms with van der Waals surface area (Å²) in [5.74, 6) is 0.459. The molecule has 1 unspecified atom stereocenters. The molecule has 1 saturated carbocycles. The van der Waals surface area contributed by atoms with Crippen LogP contribution in [-0.2, 0) is 24.9 Å². The Labute approximate surface area is 232 Å². The molecule has 6 rings (SSSR count). The van der Waals surface area contributed by atoms with Crippen LogP contribution in [0.25, 0.3) is 10.9 Å². The van der Waals surface area contributed by atoms with Crippen LogP contribution >= 0.6 is 15.9 Å². The predicted molar refractivity (Wildman–Crippen MR) is 156 cm³/mol. The molecule has 2 aromatic carbocycles. The van der Waals surface area contributed by atoms with Gasteiger partial charge in [0.1, 0.15) is 0 Å². The third-order valence-electron chi connectivity index (χ3n) is 7.39. The van der Waals surface area contributed by atoms with E-state index in [4.69, 9.17) is 0 Å². The van der Waals surface area contributed by atoms with Gasteiger partial charge in [-0.2, -0.15) is 0 Å². The molecule has 0 bridgehead atoms. The number of fused-ring (bicyclic) bond motifs is 1. The maximum atomic E-state index is 13.4. The predicted octanol–water partition coefficient (Wildman–Crippen LogP) is 5.33. The summed E-state index contributed by atoms with van der Waals surface area (Å²) in [7, 11) is 1.72. The van der Waals surface area contributed by atoms with Gasteiger partial charge in [0, 0.05) is 66.6 Å². The van der Waals surface area contributed by atoms with Gasteiger partial charge in [-0.1, -0.05) is 58.4 Å². The van der Waals surface area contributed by atoms with Crippen molar-refractivity contribution in [1.29, 1.82) is 0 Å². The number of hydrogen-bond acceptors (Lipinski definition) is 3. The van der Waals surface area contributed by atoms with E-state index in [0.717, 1.165) is 49.8 Å². The van der Waals surface area contributed by atoms with Crippen LogP contribution in [0, 0.1) is 5.92 Å². The van der Waals surface area contributed by atoms with Gasteiger partial charge in [-0.05, 0) is 61.6 Å². The van der Waals surface area contributed by atoms with Gasteiger partial charge in [-0.25, -0.2) is 0 Å². The van der Waals surface area contributed by atoms with Gasteiger partial charge in [-0.3, -0.25) is 9.59 Å². The van der Waals surface area contributed by atoms with Crippen LogP contribution in [0.5, 0.6) is 0 Å². The first-order valence-electron chi connectivity index (χ1n) is 13.4. The molecule has 1 N–H and O–H groups in total. The van der Waals surface area contributed by atoms with E-state index in [1.807, 2.05) is 6.07 Å². The van der Waals surface area contributed by atoms with Crippen molar-refractivity contribution in [3.05, 3.63) is 105 Å². The lowest BCUT2D eigenvalue weighted by molar-refractivity contribution is -0.137. The molecule has 6 nitrogen and oxygen atoms in total. The lowest BCUT2D eigenvalue weighted by Gasteiger charge is -2.30. The van der Waals surface area contributed by atoms with E-state index in [1.54, 1.807) is 19.3 Å². The Hall–Kier alpha value is -3.16. The van der Waals surface area contributed by atoms with E-state index in [9.17, 15) is 9.59 Å². The Morgan fingerprint density at radius 2 is 1.82 bits per heavy atom. The lowest BCUT2D eigenvalue weighted by Crippen LogP contribution is -2.43. The first-order valence-corrected chi connectivity index (χ1v) is 14.2. The number of aryl methyl sites for hydroxylation is 1. The molecule has 0 spiro atoms. The zero-order chi connectivity index (χ0) is 26.5. The smallest absolute Gasteiger partial charge is 0.250 e. The number of halogens is 1. The van der Waals surface area contributed by atoms with Crippen LogP contribution in [0.2, 0.25) is 0 Å². The highest BCUT2D eigenvalue weighted by atomic mass is 79.9. The minimum absolute atomic E-state index is 0.0347. The van der Waals surface area contributed by atoms with E-state index < -0.39 is 0 Å². The molecule has 7 heteroatoms. The molecule has 1 aliphatic carbocycles. The van der Waals surface area contributed by atoms with Crippen molar-refractivity contribution in [2.75, 3.05) is 13.1 Å². The zero-order valence-corrected chi connectivity index (χ0v) is 23.4. The monoisotopic (exact) mass is 574 g/mol. The zero-order valence-electron chi connectivity index (χ0n) is 21.9. The Morgan fingerprint density at radius 3 is 2.47 bits per heavy atom. The topological polar surface area (TPSA) is 59.3 Å². The number of hydrogen-bond donors (Lipinski definition) is 1. The number of rotatable bonds is 6. The summed E-state index contributed by atoms with van der Waals surface area (Å²) in [4.78, 5) is 26.1. The highest BCUT2D eigenvalue weighted by Gasteiger charge is 2.36. The molecule has 1 saturated heterocycles. The number of nitrogens with one attached hydrogen (secondary N) is 1. The van der Waals surface area contributed by atoms with Gasteiger partial charge in [0.15, 0.2) is 0 Å². The second-order valence-corrected chi connectivity index (χ2v) is 11.1. The second-order valence-electron chi connectivity index (χ2n) is 10.3. The van der Waals surface area contributed by atoms with Gasteiger partial charge in [-0.15, -0.1) is 0 Å². The minimum atomic E-state index is 0.0347. The van der Waals surface area contributed by atoms with Crippen molar-refractivity contribution in [1.82, 2.24) is 19.4 Å². The van der Waals surface area contributed by atoms with Crippen molar-refractivity contribution in [2.45, 2.75) is 44.8 Å². The van der Waals surface area contributed by atoms with Crippen molar-refractivity contribution < 1.29 is 4.79 Å². The lowest BCUT2D eigenvalue weighted by atomic mass is 9.97. The van der Waals surface area contributed by atoms with E-state index in [-0.39, 0.29) is 11.5 Å². The van der Waals surface area contributed by atoms with Crippen molar-refractivity contribution >= 4 is 32.7 Å². The van der Waals surface area contributed by atoms with Crippen molar-refractivity contribution in [3.8, 4) is 0 Å². The average Bonchev–Trinajstić information content (AvgIpc) is 3.73. The largest absolute Gasteiger partial charge is 0.343 e. The Balaban J connectivity index is 0.000000316. The summed E-state index contributed by atoms with van der Waals surface area (Å²) in [6, 6.07) is 22.4.